The molecule has 0 heterocycles. The number of methoxy groups -OCH3 is 1. The Morgan fingerprint density at radius 3 is 2.55 bits per heavy atom. The lowest BCUT2D eigenvalue weighted by molar-refractivity contribution is 0.342. The van der Waals surface area contributed by atoms with Gasteiger partial charge in [-0.15, -0.1) is 0 Å². The summed E-state index contributed by atoms with van der Waals surface area (Å²) in [5.41, 5.74) is 0.381. The Morgan fingerprint density at radius 1 is 1.14 bits per heavy atom. The van der Waals surface area contributed by atoms with E-state index in [0.717, 1.165) is 0 Å². The SMILES string of the molecule is CCOc1ccccc1NS(=O)(=O)c1cc(Br)ccc1OC. The number of hydrogen-bond acceptors (Lipinski definition) is 4. The summed E-state index contributed by atoms with van der Waals surface area (Å²) in [5.74, 6) is 0.743. The second kappa shape index (κ2) is 7.02. The Labute approximate surface area is 138 Å². The number of nitrogens with one attached hydrogen (secondary N) is 1. The van der Waals surface area contributed by atoms with E-state index in [-0.39, 0.29) is 10.6 Å². The third-order valence-electron chi connectivity index (χ3n) is 2.85. The van der Waals surface area contributed by atoms with Crippen molar-refractivity contribution < 1.29 is 17.9 Å². The first kappa shape index (κ1) is 16.6. The molecule has 2 aromatic carbocycles. The molecule has 2 rings (SSSR count). The monoisotopic (exact) mass is 385 g/mol. The van der Waals surface area contributed by atoms with Gasteiger partial charge in [0.15, 0.2) is 0 Å². The van der Waals surface area contributed by atoms with E-state index in [4.69, 9.17) is 9.47 Å². The quantitative estimate of drug-likeness (QED) is 0.823. The highest BCUT2D eigenvalue weighted by Crippen LogP contribution is 2.31. The highest BCUT2D eigenvalue weighted by Gasteiger charge is 2.21. The molecular formula is C15H16BrNO4S. The van der Waals surface area contributed by atoms with Crippen LogP contribution in [0.5, 0.6) is 11.5 Å². The molecule has 5 nitrogen and oxygen atoms in total. The molecule has 2 aromatic rings. The predicted molar refractivity (Wildman–Crippen MR) is 89.1 cm³/mol. The van der Waals surface area contributed by atoms with Crippen LogP contribution in [0.2, 0.25) is 0 Å². The van der Waals surface area contributed by atoms with E-state index in [1.54, 1.807) is 36.4 Å². The van der Waals surface area contributed by atoms with Crippen LogP contribution in [0.4, 0.5) is 5.69 Å². The van der Waals surface area contributed by atoms with E-state index in [9.17, 15) is 8.42 Å². The number of para-hydroxylation sites is 2. The van der Waals surface area contributed by atoms with Crippen molar-refractivity contribution in [2.45, 2.75) is 11.8 Å². The number of halogens is 1. The second-order valence-corrected chi connectivity index (χ2v) is 6.90. The van der Waals surface area contributed by atoms with E-state index in [1.165, 1.54) is 13.2 Å². The lowest BCUT2D eigenvalue weighted by Crippen LogP contribution is -2.15. The van der Waals surface area contributed by atoms with Gasteiger partial charge in [0.2, 0.25) is 0 Å². The average molecular weight is 386 g/mol. The molecule has 0 atom stereocenters. The molecule has 0 aromatic heterocycles. The van der Waals surface area contributed by atoms with Crippen LogP contribution in [-0.2, 0) is 10.0 Å². The molecule has 0 aliphatic rings. The summed E-state index contributed by atoms with van der Waals surface area (Å²) in [4.78, 5) is 0.0516. The summed E-state index contributed by atoms with van der Waals surface area (Å²) >= 11 is 3.27. The Bertz CT molecular complexity index is 762. The number of sulfonamides is 1. The first-order chi connectivity index (χ1) is 10.5. The zero-order chi connectivity index (χ0) is 16.2. The summed E-state index contributed by atoms with van der Waals surface area (Å²) < 4.78 is 39.0. The van der Waals surface area contributed by atoms with Gasteiger partial charge in [0, 0.05) is 4.47 Å². The lowest BCUT2D eigenvalue weighted by atomic mass is 10.3. The Kier molecular flexibility index (Phi) is 5.31. The van der Waals surface area contributed by atoms with Crippen molar-refractivity contribution in [3.63, 3.8) is 0 Å². The van der Waals surface area contributed by atoms with E-state index in [0.29, 0.717) is 22.5 Å². The predicted octanol–water partition coefficient (Wildman–Crippen LogP) is 3.66. The van der Waals surface area contributed by atoms with Crippen molar-refractivity contribution in [2.75, 3.05) is 18.4 Å². The van der Waals surface area contributed by atoms with Crippen LogP contribution in [-0.4, -0.2) is 22.1 Å². The van der Waals surface area contributed by atoms with E-state index < -0.39 is 10.0 Å². The summed E-state index contributed by atoms with van der Waals surface area (Å²) in [6.45, 7) is 2.28. The minimum Gasteiger partial charge on any atom is -0.495 e. The zero-order valence-corrected chi connectivity index (χ0v) is 14.6. The molecule has 0 amide bonds. The van der Waals surface area contributed by atoms with E-state index >= 15 is 0 Å². The van der Waals surface area contributed by atoms with Crippen molar-refractivity contribution in [2.24, 2.45) is 0 Å². The van der Waals surface area contributed by atoms with E-state index in [1.807, 2.05) is 6.92 Å². The molecule has 0 radical (unpaired) electrons. The first-order valence-corrected chi connectivity index (χ1v) is 8.83. The Balaban J connectivity index is 2.43. The van der Waals surface area contributed by atoms with Crippen LogP contribution >= 0.6 is 15.9 Å². The number of anilines is 1. The van der Waals surface area contributed by atoms with E-state index in [2.05, 4.69) is 20.7 Å². The fraction of sp³-hybridized carbons (Fsp3) is 0.200. The van der Waals surface area contributed by atoms with Gasteiger partial charge in [-0.05, 0) is 37.3 Å². The molecule has 22 heavy (non-hydrogen) atoms. The van der Waals surface area contributed by atoms with Gasteiger partial charge in [-0.25, -0.2) is 8.42 Å². The lowest BCUT2D eigenvalue weighted by Gasteiger charge is -2.14. The fourth-order valence-electron chi connectivity index (χ4n) is 1.89. The van der Waals surface area contributed by atoms with Crippen molar-refractivity contribution in [3.05, 3.63) is 46.9 Å². The maximum absolute atomic E-state index is 12.6. The van der Waals surface area contributed by atoms with Crippen LogP contribution in [0.25, 0.3) is 0 Å². The fourth-order valence-corrected chi connectivity index (χ4v) is 3.67. The zero-order valence-electron chi connectivity index (χ0n) is 12.2. The molecule has 1 N–H and O–H groups in total. The van der Waals surface area contributed by atoms with Crippen LogP contribution in [0, 0.1) is 0 Å². The van der Waals surface area contributed by atoms with Gasteiger partial charge in [0.25, 0.3) is 10.0 Å². The van der Waals surface area contributed by atoms with Crippen LogP contribution in [0.3, 0.4) is 0 Å². The van der Waals surface area contributed by atoms with Crippen LogP contribution in [0.1, 0.15) is 6.92 Å². The Morgan fingerprint density at radius 2 is 1.86 bits per heavy atom. The number of rotatable bonds is 6. The molecular weight excluding hydrogens is 370 g/mol. The molecule has 0 aliphatic heterocycles. The molecule has 0 fully saturated rings. The van der Waals surface area contributed by atoms with Crippen molar-refractivity contribution in [1.82, 2.24) is 0 Å². The normalized spacial score (nSPS) is 11.0. The van der Waals surface area contributed by atoms with Crippen LogP contribution in [0.15, 0.2) is 51.8 Å². The van der Waals surface area contributed by atoms with Gasteiger partial charge in [0.05, 0.1) is 19.4 Å². The highest BCUT2D eigenvalue weighted by molar-refractivity contribution is 9.10. The summed E-state index contributed by atoms with van der Waals surface area (Å²) in [6.07, 6.45) is 0. The minimum absolute atomic E-state index is 0.0516. The maximum Gasteiger partial charge on any atom is 0.265 e. The molecule has 0 saturated carbocycles. The standard InChI is InChI=1S/C15H16BrNO4S/c1-3-21-13-7-5-4-6-12(13)17-22(18,19)15-10-11(16)8-9-14(15)20-2/h4-10,17H,3H2,1-2H3. The second-order valence-electron chi connectivity index (χ2n) is 4.33. The molecule has 0 unspecified atom stereocenters. The number of hydrogen-bond donors (Lipinski definition) is 1. The maximum atomic E-state index is 12.6. The average Bonchev–Trinajstić information content (AvgIpc) is 2.49. The minimum atomic E-state index is -3.80. The molecule has 0 saturated heterocycles. The van der Waals surface area contributed by atoms with Crippen LogP contribution < -0.4 is 14.2 Å². The van der Waals surface area contributed by atoms with Gasteiger partial charge in [-0.1, -0.05) is 28.1 Å². The molecule has 7 heteroatoms. The van der Waals surface area contributed by atoms with Crippen molar-refractivity contribution in [3.8, 4) is 11.5 Å². The summed E-state index contributed by atoms with van der Waals surface area (Å²) in [6, 6.07) is 11.7. The third-order valence-corrected chi connectivity index (χ3v) is 4.73. The van der Waals surface area contributed by atoms with Gasteiger partial charge >= 0.3 is 0 Å². The molecule has 0 aliphatic carbocycles. The van der Waals surface area contributed by atoms with Gasteiger partial charge < -0.3 is 9.47 Å². The van der Waals surface area contributed by atoms with Gasteiger partial charge in [-0.2, -0.15) is 0 Å². The first-order valence-electron chi connectivity index (χ1n) is 6.56. The molecule has 0 spiro atoms. The third kappa shape index (κ3) is 3.72. The smallest absolute Gasteiger partial charge is 0.265 e. The number of benzene rings is 2. The largest absolute Gasteiger partial charge is 0.495 e. The molecule has 118 valence electrons. The summed E-state index contributed by atoms with van der Waals surface area (Å²) in [7, 11) is -2.38. The topological polar surface area (TPSA) is 64.6 Å². The van der Waals surface area contributed by atoms with Gasteiger partial charge in [0.1, 0.15) is 16.4 Å². The molecule has 0 bridgehead atoms. The summed E-state index contributed by atoms with van der Waals surface area (Å²) in [5, 5.41) is 0. The highest BCUT2D eigenvalue weighted by atomic mass is 79.9. The van der Waals surface area contributed by atoms with Crippen molar-refractivity contribution in [1.29, 1.82) is 0 Å². The van der Waals surface area contributed by atoms with Gasteiger partial charge in [-0.3, -0.25) is 4.72 Å². The van der Waals surface area contributed by atoms with Crippen molar-refractivity contribution >= 4 is 31.6 Å². The number of ether oxygens (including phenoxy) is 2. The Hall–Kier alpha value is -1.73.